The van der Waals surface area contributed by atoms with Gasteiger partial charge < -0.3 is 9.88 Å². The zero-order valence-electron chi connectivity index (χ0n) is 12.8. The van der Waals surface area contributed by atoms with Crippen molar-refractivity contribution in [2.75, 3.05) is 13.1 Å². The Balaban J connectivity index is 1.72. The van der Waals surface area contributed by atoms with E-state index in [1.54, 1.807) is 0 Å². The van der Waals surface area contributed by atoms with E-state index in [1.807, 2.05) is 60.5 Å². The van der Waals surface area contributed by atoms with Gasteiger partial charge in [-0.2, -0.15) is 0 Å². The number of hydrogen-bond donors (Lipinski definition) is 1. The number of amides is 1. The van der Waals surface area contributed by atoms with Crippen LogP contribution in [0.2, 0.25) is 0 Å². The minimum atomic E-state index is 0.0999. The summed E-state index contributed by atoms with van der Waals surface area (Å²) in [5.41, 5.74) is 3.16. The fourth-order valence-electron chi connectivity index (χ4n) is 2.76. The average molecular weight is 292 g/mol. The predicted octanol–water partition coefficient (Wildman–Crippen LogP) is 3.87. The zero-order valence-corrected chi connectivity index (χ0v) is 12.8. The SMILES string of the molecule is CCN(CCc1c[nH]c2ccccc12)C(=O)c1ccccc1. The molecule has 0 spiro atoms. The Morgan fingerprint density at radius 1 is 1.05 bits per heavy atom. The van der Waals surface area contributed by atoms with Crippen LogP contribution in [0.25, 0.3) is 10.9 Å². The second-order valence-corrected chi connectivity index (χ2v) is 5.36. The molecule has 0 unspecified atom stereocenters. The Bertz CT molecular complexity index is 761. The van der Waals surface area contributed by atoms with E-state index in [0.29, 0.717) is 0 Å². The smallest absolute Gasteiger partial charge is 0.253 e. The molecule has 1 aromatic heterocycles. The number of likely N-dealkylation sites (N-methyl/N-ethyl adjacent to an activating group) is 1. The highest BCUT2D eigenvalue weighted by molar-refractivity contribution is 5.94. The number of para-hydroxylation sites is 1. The lowest BCUT2D eigenvalue weighted by atomic mass is 10.1. The van der Waals surface area contributed by atoms with Crippen LogP contribution >= 0.6 is 0 Å². The molecule has 112 valence electrons. The van der Waals surface area contributed by atoms with Crippen LogP contribution in [0.1, 0.15) is 22.8 Å². The third-order valence-corrected chi connectivity index (χ3v) is 4.02. The van der Waals surface area contributed by atoms with E-state index in [1.165, 1.54) is 10.9 Å². The molecular weight excluding hydrogens is 272 g/mol. The minimum absolute atomic E-state index is 0.0999. The number of carbonyl (C=O) groups excluding carboxylic acids is 1. The number of aromatic amines is 1. The molecule has 0 bridgehead atoms. The highest BCUT2D eigenvalue weighted by atomic mass is 16.2. The molecule has 0 aliphatic heterocycles. The van der Waals surface area contributed by atoms with Crippen molar-refractivity contribution in [2.24, 2.45) is 0 Å². The van der Waals surface area contributed by atoms with Gasteiger partial charge in [0.1, 0.15) is 0 Å². The molecule has 0 radical (unpaired) electrons. The van der Waals surface area contributed by atoms with Crippen LogP contribution in [0.4, 0.5) is 0 Å². The van der Waals surface area contributed by atoms with Crippen LogP contribution in [0.3, 0.4) is 0 Å². The molecule has 22 heavy (non-hydrogen) atoms. The first-order chi connectivity index (χ1) is 10.8. The molecule has 3 rings (SSSR count). The lowest BCUT2D eigenvalue weighted by molar-refractivity contribution is 0.0766. The maximum Gasteiger partial charge on any atom is 0.253 e. The van der Waals surface area contributed by atoms with Gasteiger partial charge in [0, 0.05) is 35.8 Å². The molecule has 0 atom stereocenters. The van der Waals surface area contributed by atoms with Crippen LogP contribution in [-0.2, 0) is 6.42 Å². The van der Waals surface area contributed by atoms with E-state index in [-0.39, 0.29) is 5.91 Å². The number of hydrogen-bond acceptors (Lipinski definition) is 1. The Morgan fingerprint density at radius 2 is 1.77 bits per heavy atom. The monoisotopic (exact) mass is 292 g/mol. The second-order valence-electron chi connectivity index (χ2n) is 5.36. The van der Waals surface area contributed by atoms with E-state index in [9.17, 15) is 4.79 Å². The van der Waals surface area contributed by atoms with Gasteiger partial charge in [0.15, 0.2) is 0 Å². The van der Waals surface area contributed by atoms with Gasteiger partial charge in [-0.15, -0.1) is 0 Å². The molecule has 1 amide bonds. The van der Waals surface area contributed by atoms with E-state index in [4.69, 9.17) is 0 Å². The minimum Gasteiger partial charge on any atom is -0.361 e. The summed E-state index contributed by atoms with van der Waals surface area (Å²) in [4.78, 5) is 17.7. The quantitative estimate of drug-likeness (QED) is 0.761. The van der Waals surface area contributed by atoms with Gasteiger partial charge in [0.25, 0.3) is 5.91 Å². The van der Waals surface area contributed by atoms with E-state index >= 15 is 0 Å². The maximum atomic E-state index is 12.5. The molecule has 0 aliphatic carbocycles. The fourth-order valence-corrected chi connectivity index (χ4v) is 2.76. The van der Waals surface area contributed by atoms with Crippen LogP contribution in [0, 0.1) is 0 Å². The summed E-state index contributed by atoms with van der Waals surface area (Å²) in [7, 11) is 0. The van der Waals surface area contributed by atoms with Crippen LogP contribution in [0.15, 0.2) is 60.8 Å². The first kappa shape index (κ1) is 14.4. The topological polar surface area (TPSA) is 36.1 Å². The van der Waals surface area contributed by atoms with Gasteiger partial charge in [0.05, 0.1) is 0 Å². The number of carbonyl (C=O) groups is 1. The Labute approximate surface area is 130 Å². The normalized spacial score (nSPS) is 10.8. The third kappa shape index (κ3) is 2.89. The van der Waals surface area contributed by atoms with Crippen molar-refractivity contribution < 1.29 is 4.79 Å². The van der Waals surface area contributed by atoms with Crippen LogP contribution < -0.4 is 0 Å². The van der Waals surface area contributed by atoms with E-state index in [0.717, 1.165) is 30.6 Å². The van der Waals surface area contributed by atoms with Crippen LogP contribution in [0.5, 0.6) is 0 Å². The highest BCUT2D eigenvalue weighted by Crippen LogP contribution is 2.18. The molecule has 1 N–H and O–H groups in total. The third-order valence-electron chi connectivity index (χ3n) is 4.02. The summed E-state index contributed by atoms with van der Waals surface area (Å²) in [5, 5.41) is 1.24. The van der Waals surface area contributed by atoms with Gasteiger partial charge in [-0.1, -0.05) is 36.4 Å². The number of rotatable bonds is 5. The number of nitrogens with one attached hydrogen (secondary N) is 1. The first-order valence-electron chi connectivity index (χ1n) is 7.69. The highest BCUT2D eigenvalue weighted by Gasteiger charge is 2.14. The van der Waals surface area contributed by atoms with Crippen molar-refractivity contribution in [1.82, 2.24) is 9.88 Å². The number of aromatic nitrogens is 1. The molecule has 1 heterocycles. The standard InChI is InChI=1S/C19H20N2O/c1-2-21(19(22)15-8-4-3-5-9-15)13-12-16-14-20-18-11-7-6-10-17(16)18/h3-11,14,20H,2,12-13H2,1H3. The summed E-state index contributed by atoms with van der Waals surface area (Å²) in [5.74, 6) is 0.0999. The molecule has 2 aromatic carbocycles. The number of nitrogens with zero attached hydrogens (tertiary/aromatic N) is 1. The largest absolute Gasteiger partial charge is 0.361 e. The van der Waals surface area contributed by atoms with Gasteiger partial charge >= 0.3 is 0 Å². The number of H-pyrrole nitrogens is 1. The summed E-state index contributed by atoms with van der Waals surface area (Å²) < 4.78 is 0. The molecule has 3 nitrogen and oxygen atoms in total. The lowest BCUT2D eigenvalue weighted by Gasteiger charge is -2.20. The first-order valence-corrected chi connectivity index (χ1v) is 7.69. The average Bonchev–Trinajstić information content (AvgIpc) is 2.99. The molecule has 3 aromatic rings. The molecule has 0 aliphatic rings. The van der Waals surface area contributed by atoms with Crippen molar-refractivity contribution in [1.29, 1.82) is 0 Å². The Hall–Kier alpha value is -2.55. The van der Waals surface area contributed by atoms with E-state index < -0.39 is 0 Å². The molecule has 0 fully saturated rings. The van der Waals surface area contributed by atoms with Crippen molar-refractivity contribution >= 4 is 16.8 Å². The Kier molecular flexibility index (Phi) is 4.24. The predicted molar refractivity (Wildman–Crippen MR) is 90.0 cm³/mol. The van der Waals surface area contributed by atoms with Gasteiger partial charge in [-0.3, -0.25) is 4.79 Å². The number of fused-ring (bicyclic) bond motifs is 1. The molecule has 0 saturated carbocycles. The van der Waals surface area contributed by atoms with Crippen molar-refractivity contribution in [3.63, 3.8) is 0 Å². The summed E-state index contributed by atoms with van der Waals surface area (Å²) in [6.45, 7) is 3.47. The maximum absolute atomic E-state index is 12.5. The molecule has 3 heteroatoms. The van der Waals surface area contributed by atoms with Crippen LogP contribution in [-0.4, -0.2) is 28.9 Å². The van der Waals surface area contributed by atoms with Crippen molar-refractivity contribution in [2.45, 2.75) is 13.3 Å². The van der Waals surface area contributed by atoms with Crippen molar-refractivity contribution in [3.05, 3.63) is 71.9 Å². The van der Waals surface area contributed by atoms with E-state index in [2.05, 4.69) is 17.1 Å². The molecule has 0 saturated heterocycles. The Morgan fingerprint density at radius 3 is 2.55 bits per heavy atom. The second kappa shape index (κ2) is 6.48. The summed E-state index contributed by atoms with van der Waals surface area (Å²) in [6, 6.07) is 17.8. The zero-order chi connectivity index (χ0) is 15.4. The van der Waals surface area contributed by atoms with Crippen molar-refractivity contribution in [3.8, 4) is 0 Å². The van der Waals surface area contributed by atoms with Gasteiger partial charge in [-0.05, 0) is 37.1 Å². The summed E-state index contributed by atoms with van der Waals surface area (Å²) in [6.07, 6.45) is 2.90. The van der Waals surface area contributed by atoms with Gasteiger partial charge in [-0.25, -0.2) is 0 Å². The van der Waals surface area contributed by atoms with Gasteiger partial charge in [0.2, 0.25) is 0 Å². The fraction of sp³-hybridized carbons (Fsp3) is 0.211. The summed E-state index contributed by atoms with van der Waals surface area (Å²) >= 11 is 0. The molecular formula is C19H20N2O. The lowest BCUT2D eigenvalue weighted by Crippen LogP contribution is -2.32. The number of benzene rings is 2.